The Labute approximate surface area is 123 Å². The SMILES string of the molecule is CNC(=O)CN(C)C(=O)N(CCC(=O)O)c1ccccc1. The fourth-order valence-electron chi connectivity index (χ4n) is 1.72. The van der Waals surface area contributed by atoms with Gasteiger partial charge in [0, 0.05) is 26.3 Å². The summed E-state index contributed by atoms with van der Waals surface area (Å²) in [6.45, 7) is -0.0536. The summed E-state index contributed by atoms with van der Waals surface area (Å²) in [4.78, 5) is 37.0. The molecule has 114 valence electrons. The first-order valence-corrected chi connectivity index (χ1v) is 6.45. The zero-order chi connectivity index (χ0) is 15.8. The van der Waals surface area contributed by atoms with E-state index in [-0.39, 0.29) is 25.4 Å². The van der Waals surface area contributed by atoms with E-state index in [0.29, 0.717) is 5.69 Å². The van der Waals surface area contributed by atoms with Crippen molar-refractivity contribution in [3.8, 4) is 0 Å². The van der Waals surface area contributed by atoms with Crippen molar-refractivity contribution < 1.29 is 19.5 Å². The maximum atomic E-state index is 12.4. The van der Waals surface area contributed by atoms with Gasteiger partial charge in [0.25, 0.3) is 0 Å². The van der Waals surface area contributed by atoms with Crippen molar-refractivity contribution in [2.75, 3.05) is 32.1 Å². The topological polar surface area (TPSA) is 90.0 Å². The summed E-state index contributed by atoms with van der Waals surface area (Å²) in [7, 11) is 2.98. The van der Waals surface area contributed by atoms with E-state index in [4.69, 9.17) is 5.11 Å². The van der Waals surface area contributed by atoms with Crippen LogP contribution in [-0.2, 0) is 9.59 Å². The molecule has 0 bridgehead atoms. The molecule has 1 rings (SSSR count). The van der Waals surface area contributed by atoms with Gasteiger partial charge in [-0.3, -0.25) is 14.5 Å². The molecule has 0 unspecified atom stereocenters. The van der Waals surface area contributed by atoms with Crippen molar-refractivity contribution in [3.05, 3.63) is 30.3 Å². The lowest BCUT2D eigenvalue weighted by Gasteiger charge is -2.27. The van der Waals surface area contributed by atoms with Gasteiger partial charge in [0.05, 0.1) is 6.42 Å². The van der Waals surface area contributed by atoms with Gasteiger partial charge in [-0.15, -0.1) is 0 Å². The lowest BCUT2D eigenvalue weighted by atomic mass is 10.2. The van der Waals surface area contributed by atoms with E-state index in [2.05, 4.69) is 5.32 Å². The monoisotopic (exact) mass is 293 g/mol. The third-order valence-electron chi connectivity index (χ3n) is 2.83. The molecule has 0 radical (unpaired) electrons. The molecule has 0 aliphatic rings. The summed E-state index contributed by atoms with van der Waals surface area (Å²) < 4.78 is 0. The molecule has 7 heteroatoms. The van der Waals surface area contributed by atoms with Gasteiger partial charge in [-0.25, -0.2) is 4.79 Å². The lowest BCUT2D eigenvalue weighted by molar-refractivity contribution is -0.136. The first-order chi connectivity index (χ1) is 9.95. The van der Waals surface area contributed by atoms with Crippen LogP contribution in [0.25, 0.3) is 0 Å². The Balaban J connectivity index is 2.87. The number of nitrogens with one attached hydrogen (secondary N) is 1. The molecule has 0 aromatic heterocycles. The minimum absolute atomic E-state index is 0.0380. The number of carbonyl (C=O) groups is 3. The van der Waals surface area contributed by atoms with E-state index >= 15 is 0 Å². The Morgan fingerprint density at radius 2 is 1.81 bits per heavy atom. The highest BCUT2D eigenvalue weighted by atomic mass is 16.4. The van der Waals surface area contributed by atoms with Crippen LogP contribution in [0.2, 0.25) is 0 Å². The zero-order valence-corrected chi connectivity index (χ0v) is 12.1. The molecule has 0 atom stereocenters. The molecule has 1 aromatic carbocycles. The molecule has 0 aliphatic heterocycles. The second-order valence-corrected chi connectivity index (χ2v) is 4.44. The fraction of sp³-hybridized carbons (Fsp3) is 0.357. The minimum atomic E-state index is -0.988. The molecule has 3 amide bonds. The third kappa shape index (κ3) is 5.13. The average Bonchev–Trinajstić information content (AvgIpc) is 2.47. The number of urea groups is 1. The molecule has 0 saturated heterocycles. The van der Waals surface area contributed by atoms with E-state index in [1.807, 2.05) is 0 Å². The molecule has 0 aliphatic carbocycles. The van der Waals surface area contributed by atoms with Gasteiger partial charge in [0.15, 0.2) is 0 Å². The molecular weight excluding hydrogens is 274 g/mol. The van der Waals surface area contributed by atoms with Crippen LogP contribution in [0.1, 0.15) is 6.42 Å². The molecule has 1 aromatic rings. The second kappa shape index (κ2) is 7.88. The minimum Gasteiger partial charge on any atom is -0.481 e. The Morgan fingerprint density at radius 3 is 2.33 bits per heavy atom. The molecule has 7 nitrogen and oxygen atoms in total. The number of aliphatic carboxylic acids is 1. The number of carboxylic acid groups (broad SMARTS) is 1. The van der Waals surface area contributed by atoms with E-state index in [1.165, 1.54) is 23.9 Å². The number of rotatable bonds is 6. The number of carbonyl (C=O) groups excluding carboxylic acids is 2. The quantitative estimate of drug-likeness (QED) is 0.810. The number of nitrogens with zero attached hydrogens (tertiary/aromatic N) is 2. The highest BCUT2D eigenvalue weighted by molar-refractivity contribution is 5.94. The fourth-order valence-corrected chi connectivity index (χ4v) is 1.72. The van der Waals surface area contributed by atoms with Gasteiger partial charge >= 0.3 is 12.0 Å². The Bertz CT molecular complexity index is 504. The van der Waals surface area contributed by atoms with Crippen molar-refractivity contribution in [1.82, 2.24) is 10.2 Å². The van der Waals surface area contributed by atoms with E-state index in [0.717, 1.165) is 0 Å². The summed E-state index contributed by atoms with van der Waals surface area (Å²) in [5.74, 6) is -1.28. The summed E-state index contributed by atoms with van der Waals surface area (Å²) >= 11 is 0. The number of anilines is 1. The van der Waals surface area contributed by atoms with Crippen molar-refractivity contribution in [2.24, 2.45) is 0 Å². The Hall–Kier alpha value is -2.57. The Morgan fingerprint density at radius 1 is 1.19 bits per heavy atom. The normalized spacial score (nSPS) is 9.81. The van der Waals surface area contributed by atoms with Crippen LogP contribution in [0.5, 0.6) is 0 Å². The first kappa shape index (κ1) is 16.5. The van der Waals surface area contributed by atoms with Crippen LogP contribution in [0.3, 0.4) is 0 Å². The maximum Gasteiger partial charge on any atom is 0.324 e. The van der Waals surface area contributed by atoms with Crippen molar-refractivity contribution in [3.63, 3.8) is 0 Å². The molecule has 21 heavy (non-hydrogen) atoms. The second-order valence-electron chi connectivity index (χ2n) is 4.44. The standard InChI is InChI=1S/C14H19N3O4/c1-15-12(18)10-16(2)14(21)17(9-8-13(19)20)11-6-4-3-5-7-11/h3-7H,8-10H2,1-2H3,(H,15,18)(H,19,20). The van der Waals surface area contributed by atoms with Gasteiger partial charge < -0.3 is 15.3 Å². The van der Waals surface area contributed by atoms with Crippen LogP contribution in [0.15, 0.2) is 30.3 Å². The molecule has 2 N–H and O–H groups in total. The summed E-state index contributed by atoms with van der Waals surface area (Å²) in [6, 6.07) is 8.33. The zero-order valence-electron chi connectivity index (χ0n) is 12.1. The Kier molecular flexibility index (Phi) is 6.19. The number of hydrogen-bond acceptors (Lipinski definition) is 3. The molecule has 0 spiro atoms. The number of benzene rings is 1. The highest BCUT2D eigenvalue weighted by Gasteiger charge is 2.21. The van der Waals surface area contributed by atoms with Crippen molar-refractivity contribution in [2.45, 2.75) is 6.42 Å². The lowest BCUT2D eigenvalue weighted by Crippen LogP contribution is -2.45. The van der Waals surface area contributed by atoms with Gasteiger partial charge in [-0.2, -0.15) is 0 Å². The molecule has 0 heterocycles. The van der Waals surface area contributed by atoms with E-state index in [9.17, 15) is 14.4 Å². The number of amides is 3. The number of para-hydroxylation sites is 1. The highest BCUT2D eigenvalue weighted by Crippen LogP contribution is 2.15. The summed E-state index contributed by atoms with van der Waals surface area (Å²) in [5.41, 5.74) is 0.590. The largest absolute Gasteiger partial charge is 0.481 e. The molecule has 0 fully saturated rings. The van der Waals surface area contributed by atoms with Crippen LogP contribution in [-0.4, -0.2) is 55.1 Å². The van der Waals surface area contributed by atoms with Crippen LogP contribution < -0.4 is 10.2 Å². The van der Waals surface area contributed by atoms with E-state index < -0.39 is 12.0 Å². The van der Waals surface area contributed by atoms with Crippen molar-refractivity contribution in [1.29, 1.82) is 0 Å². The number of carboxylic acids is 1. The average molecular weight is 293 g/mol. The molecular formula is C14H19N3O4. The van der Waals surface area contributed by atoms with Gasteiger partial charge in [-0.05, 0) is 12.1 Å². The van der Waals surface area contributed by atoms with Gasteiger partial charge in [0.2, 0.25) is 5.91 Å². The van der Waals surface area contributed by atoms with Crippen LogP contribution in [0.4, 0.5) is 10.5 Å². The summed E-state index contributed by atoms with van der Waals surface area (Å²) in [5, 5.41) is 11.2. The first-order valence-electron chi connectivity index (χ1n) is 6.45. The third-order valence-corrected chi connectivity index (χ3v) is 2.83. The summed E-state index contributed by atoms with van der Waals surface area (Å²) in [6.07, 6.45) is -0.172. The van der Waals surface area contributed by atoms with Crippen LogP contribution in [0, 0.1) is 0 Å². The van der Waals surface area contributed by atoms with Crippen LogP contribution >= 0.6 is 0 Å². The number of hydrogen-bond donors (Lipinski definition) is 2. The van der Waals surface area contributed by atoms with Gasteiger partial charge in [-0.1, -0.05) is 18.2 Å². The number of likely N-dealkylation sites (N-methyl/N-ethyl adjacent to an activating group) is 2. The van der Waals surface area contributed by atoms with Crippen molar-refractivity contribution >= 4 is 23.6 Å². The smallest absolute Gasteiger partial charge is 0.324 e. The van der Waals surface area contributed by atoms with E-state index in [1.54, 1.807) is 30.3 Å². The predicted molar refractivity (Wildman–Crippen MR) is 78.1 cm³/mol. The molecule has 0 saturated carbocycles. The predicted octanol–water partition coefficient (Wildman–Crippen LogP) is 0.766. The maximum absolute atomic E-state index is 12.4. The van der Waals surface area contributed by atoms with Gasteiger partial charge in [0.1, 0.15) is 6.54 Å².